The minimum atomic E-state index is -0.566. The Morgan fingerprint density at radius 2 is 2.07 bits per heavy atom. The van der Waals surface area contributed by atoms with Crippen LogP contribution in [-0.2, 0) is 9.53 Å². The van der Waals surface area contributed by atoms with Crippen LogP contribution in [0.1, 0.15) is 36.5 Å². The molecule has 0 aromatic heterocycles. The molecule has 0 saturated heterocycles. The second kappa shape index (κ2) is 8.47. The van der Waals surface area contributed by atoms with E-state index in [1.54, 1.807) is 19.1 Å². The molecule has 2 aromatic rings. The summed E-state index contributed by atoms with van der Waals surface area (Å²) in [6, 6.07) is 11.9. The zero-order valence-corrected chi connectivity index (χ0v) is 15.7. The minimum Gasteiger partial charge on any atom is -0.494 e. The van der Waals surface area contributed by atoms with Crippen LogP contribution in [0.25, 0.3) is 6.08 Å². The Kier molecular flexibility index (Phi) is 5.84. The van der Waals surface area contributed by atoms with E-state index in [0.717, 1.165) is 24.2 Å². The van der Waals surface area contributed by atoms with Gasteiger partial charge in [-0.25, -0.2) is 9.79 Å². The predicted molar refractivity (Wildman–Crippen MR) is 105 cm³/mol. The van der Waals surface area contributed by atoms with E-state index in [-0.39, 0.29) is 17.3 Å². The second-order valence-corrected chi connectivity index (χ2v) is 6.37. The number of benzene rings is 2. The quantitative estimate of drug-likeness (QED) is 0.233. The van der Waals surface area contributed by atoms with Crippen molar-refractivity contribution in [2.45, 2.75) is 26.7 Å². The molecular formula is C21H20N2O5. The number of unbranched alkanes of at least 4 members (excludes halogenated alkanes) is 1. The van der Waals surface area contributed by atoms with Gasteiger partial charge < -0.3 is 9.47 Å². The molecular weight excluding hydrogens is 360 g/mol. The van der Waals surface area contributed by atoms with E-state index in [2.05, 4.69) is 11.9 Å². The number of carbonyl (C=O) groups excluding carboxylic acids is 1. The van der Waals surface area contributed by atoms with Crippen molar-refractivity contribution in [1.82, 2.24) is 0 Å². The number of hydrogen-bond acceptors (Lipinski definition) is 6. The maximum atomic E-state index is 12.2. The summed E-state index contributed by atoms with van der Waals surface area (Å²) in [5.41, 5.74) is 1.92. The molecule has 0 unspecified atom stereocenters. The lowest BCUT2D eigenvalue weighted by Gasteiger charge is -2.05. The van der Waals surface area contributed by atoms with Gasteiger partial charge in [-0.05, 0) is 49.2 Å². The topological polar surface area (TPSA) is 91.0 Å². The average molecular weight is 380 g/mol. The summed E-state index contributed by atoms with van der Waals surface area (Å²) in [5, 5.41) is 10.9. The average Bonchev–Trinajstić information content (AvgIpc) is 3.02. The van der Waals surface area contributed by atoms with Gasteiger partial charge in [-0.2, -0.15) is 0 Å². The van der Waals surface area contributed by atoms with Gasteiger partial charge in [-0.15, -0.1) is 0 Å². The van der Waals surface area contributed by atoms with E-state index < -0.39 is 10.9 Å². The molecule has 1 aliphatic heterocycles. The molecule has 0 fully saturated rings. The van der Waals surface area contributed by atoms with Crippen LogP contribution in [0.4, 0.5) is 5.69 Å². The lowest BCUT2D eigenvalue weighted by molar-refractivity contribution is -0.385. The fraction of sp³-hybridized carbons (Fsp3) is 0.238. The van der Waals surface area contributed by atoms with Crippen LogP contribution < -0.4 is 4.74 Å². The molecule has 0 amide bonds. The molecule has 2 aromatic carbocycles. The lowest BCUT2D eigenvalue weighted by atomic mass is 10.1. The van der Waals surface area contributed by atoms with E-state index in [9.17, 15) is 14.9 Å². The van der Waals surface area contributed by atoms with Crippen LogP contribution in [0.3, 0.4) is 0 Å². The van der Waals surface area contributed by atoms with Crippen LogP contribution in [0.15, 0.2) is 53.2 Å². The third-order valence-corrected chi connectivity index (χ3v) is 4.19. The molecule has 0 aliphatic carbocycles. The van der Waals surface area contributed by atoms with Crippen molar-refractivity contribution >= 4 is 23.6 Å². The van der Waals surface area contributed by atoms with Crippen LogP contribution in [0, 0.1) is 17.0 Å². The minimum absolute atomic E-state index is 0.00401. The van der Waals surface area contributed by atoms with Crippen molar-refractivity contribution in [3.8, 4) is 5.75 Å². The number of nitro benzene ring substituents is 1. The summed E-state index contributed by atoms with van der Waals surface area (Å²) in [7, 11) is 0. The highest BCUT2D eigenvalue weighted by Crippen LogP contribution is 2.24. The van der Waals surface area contributed by atoms with E-state index in [0.29, 0.717) is 17.7 Å². The Morgan fingerprint density at radius 1 is 1.25 bits per heavy atom. The summed E-state index contributed by atoms with van der Waals surface area (Å²) in [6.07, 6.45) is 3.65. The maximum Gasteiger partial charge on any atom is 0.363 e. The van der Waals surface area contributed by atoms with Gasteiger partial charge in [0.1, 0.15) is 5.75 Å². The molecule has 0 N–H and O–H groups in total. The van der Waals surface area contributed by atoms with E-state index in [1.807, 2.05) is 24.3 Å². The standard InChI is InChI=1S/C21H20N2O5/c1-3-4-10-27-17-7-5-6-15(12-17)13-18-21(24)28-20(22-18)16-8-9-19(23(25)26)14(2)11-16/h5-9,11-13H,3-4,10H2,1-2H3/b18-13-. The van der Waals surface area contributed by atoms with Crippen LogP contribution >= 0.6 is 0 Å². The molecule has 28 heavy (non-hydrogen) atoms. The molecule has 7 heteroatoms. The van der Waals surface area contributed by atoms with Gasteiger partial charge in [-0.1, -0.05) is 25.5 Å². The zero-order chi connectivity index (χ0) is 20.1. The van der Waals surface area contributed by atoms with Crippen LogP contribution in [0.2, 0.25) is 0 Å². The Hall–Kier alpha value is -3.48. The number of aliphatic imine (C=N–C) groups is 1. The van der Waals surface area contributed by atoms with Gasteiger partial charge >= 0.3 is 5.97 Å². The van der Waals surface area contributed by atoms with Gasteiger partial charge in [0.05, 0.1) is 11.5 Å². The van der Waals surface area contributed by atoms with Gasteiger partial charge in [0.15, 0.2) is 5.70 Å². The number of aryl methyl sites for hydroxylation is 1. The number of nitrogens with zero attached hydrogens (tertiary/aromatic N) is 2. The summed E-state index contributed by atoms with van der Waals surface area (Å²) in [5.74, 6) is 0.289. The Labute approximate surface area is 162 Å². The number of cyclic esters (lactones) is 1. The first-order chi connectivity index (χ1) is 13.5. The van der Waals surface area contributed by atoms with Crippen LogP contribution in [-0.4, -0.2) is 23.4 Å². The van der Waals surface area contributed by atoms with E-state index >= 15 is 0 Å². The first kappa shape index (κ1) is 19.3. The predicted octanol–water partition coefficient (Wildman–Crippen LogP) is 4.43. The van der Waals surface area contributed by atoms with Crippen molar-refractivity contribution < 1.29 is 19.2 Å². The van der Waals surface area contributed by atoms with Gasteiger partial charge in [0.2, 0.25) is 5.90 Å². The molecule has 1 heterocycles. The molecule has 144 valence electrons. The molecule has 0 spiro atoms. The summed E-state index contributed by atoms with van der Waals surface area (Å²) < 4.78 is 10.9. The fourth-order valence-electron chi connectivity index (χ4n) is 2.71. The van der Waals surface area contributed by atoms with Crippen molar-refractivity contribution in [3.05, 3.63) is 75.0 Å². The smallest absolute Gasteiger partial charge is 0.363 e. The molecule has 7 nitrogen and oxygen atoms in total. The van der Waals surface area contributed by atoms with E-state index in [4.69, 9.17) is 9.47 Å². The van der Waals surface area contributed by atoms with Crippen molar-refractivity contribution in [1.29, 1.82) is 0 Å². The number of hydrogen-bond donors (Lipinski definition) is 0. The van der Waals surface area contributed by atoms with Gasteiger partial charge in [-0.3, -0.25) is 10.1 Å². The first-order valence-corrected chi connectivity index (χ1v) is 8.98. The van der Waals surface area contributed by atoms with Gasteiger partial charge in [0.25, 0.3) is 5.69 Å². The highest BCUT2D eigenvalue weighted by Gasteiger charge is 2.25. The monoisotopic (exact) mass is 380 g/mol. The fourth-order valence-corrected chi connectivity index (χ4v) is 2.71. The first-order valence-electron chi connectivity index (χ1n) is 8.98. The van der Waals surface area contributed by atoms with Crippen molar-refractivity contribution in [2.24, 2.45) is 4.99 Å². The second-order valence-electron chi connectivity index (χ2n) is 6.37. The highest BCUT2D eigenvalue weighted by molar-refractivity contribution is 6.13. The summed E-state index contributed by atoms with van der Waals surface area (Å²) in [4.78, 5) is 26.9. The number of nitro groups is 1. The molecule has 0 atom stereocenters. The highest BCUT2D eigenvalue weighted by atomic mass is 16.6. The van der Waals surface area contributed by atoms with Crippen molar-refractivity contribution in [2.75, 3.05) is 6.61 Å². The third-order valence-electron chi connectivity index (χ3n) is 4.19. The number of carbonyl (C=O) groups is 1. The largest absolute Gasteiger partial charge is 0.494 e. The number of esters is 1. The number of ether oxygens (including phenoxy) is 2. The summed E-state index contributed by atoms with van der Waals surface area (Å²) >= 11 is 0. The Bertz CT molecular complexity index is 979. The normalized spacial score (nSPS) is 14.7. The molecule has 1 aliphatic rings. The maximum absolute atomic E-state index is 12.2. The molecule has 0 saturated carbocycles. The lowest BCUT2D eigenvalue weighted by Crippen LogP contribution is -2.06. The Morgan fingerprint density at radius 3 is 2.79 bits per heavy atom. The summed E-state index contributed by atoms with van der Waals surface area (Å²) in [6.45, 7) is 4.36. The zero-order valence-electron chi connectivity index (χ0n) is 15.7. The van der Waals surface area contributed by atoms with Crippen LogP contribution in [0.5, 0.6) is 5.75 Å². The van der Waals surface area contributed by atoms with Crippen molar-refractivity contribution in [3.63, 3.8) is 0 Å². The third kappa shape index (κ3) is 4.43. The Balaban J connectivity index is 1.83. The molecule has 3 rings (SSSR count). The molecule has 0 bridgehead atoms. The van der Waals surface area contributed by atoms with E-state index in [1.165, 1.54) is 12.1 Å². The number of rotatable bonds is 7. The SMILES string of the molecule is CCCCOc1cccc(/C=C2\N=C(c3ccc([N+](=O)[O-])c(C)c3)OC2=O)c1. The van der Waals surface area contributed by atoms with Gasteiger partial charge in [0, 0.05) is 17.2 Å². The molecule has 0 radical (unpaired) electrons.